The zero-order valence-electron chi connectivity index (χ0n) is 42.9. The largest absolute Gasteiger partial charge is 0.465 e. The van der Waals surface area contributed by atoms with Gasteiger partial charge < -0.3 is 44.7 Å². The Morgan fingerprint density at radius 3 is 1.71 bits per heavy atom. The number of likely N-dealkylation sites (tertiary alicyclic amines) is 2. The van der Waals surface area contributed by atoms with E-state index in [1.807, 2.05) is 56.9 Å². The minimum Gasteiger partial charge on any atom is -0.465 e. The summed E-state index contributed by atoms with van der Waals surface area (Å²) >= 11 is 0. The van der Waals surface area contributed by atoms with Crippen LogP contribution in [0.25, 0.3) is 22.1 Å². The fourth-order valence-electron chi connectivity index (χ4n) is 13.2. The Hall–Kier alpha value is -6.46. The number of piperidine rings is 1. The van der Waals surface area contributed by atoms with Crippen LogP contribution in [0.1, 0.15) is 152 Å². The molecule has 5 aliphatic rings. The molecule has 4 amide bonds. The summed E-state index contributed by atoms with van der Waals surface area (Å²) < 4.78 is 38.4. The number of halogens is 2. The van der Waals surface area contributed by atoms with Crippen molar-refractivity contribution in [2.45, 2.75) is 141 Å². The lowest BCUT2D eigenvalue weighted by Gasteiger charge is -2.41. The Morgan fingerprint density at radius 2 is 1.23 bits per heavy atom. The van der Waals surface area contributed by atoms with E-state index in [-0.39, 0.29) is 53.5 Å². The van der Waals surface area contributed by atoms with Crippen LogP contribution in [-0.4, -0.2) is 116 Å². The van der Waals surface area contributed by atoms with Crippen LogP contribution in [0.5, 0.6) is 0 Å². The van der Waals surface area contributed by atoms with Gasteiger partial charge in [0.15, 0.2) is 11.6 Å². The summed E-state index contributed by atoms with van der Waals surface area (Å²) in [6, 6.07) is 12.2. The molecule has 10 rings (SSSR count). The second kappa shape index (κ2) is 20.1. The van der Waals surface area contributed by atoms with Gasteiger partial charge in [0, 0.05) is 38.9 Å². The minimum atomic E-state index is -1.16. The number of anilines is 2. The van der Waals surface area contributed by atoms with Crippen molar-refractivity contribution >= 4 is 57.4 Å². The molecule has 73 heavy (non-hydrogen) atoms. The lowest BCUT2D eigenvalue weighted by molar-refractivity contribution is -0.138. The van der Waals surface area contributed by atoms with Crippen molar-refractivity contribution in [3.63, 3.8) is 0 Å². The van der Waals surface area contributed by atoms with Gasteiger partial charge in [0.25, 0.3) is 0 Å². The number of nitrogens with one attached hydrogen (secondary N) is 3. The molecule has 6 heterocycles. The summed E-state index contributed by atoms with van der Waals surface area (Å²) in [7, 11) is 2.71. The van der Waals surface area contributed by atoms with E-state index < -0.39 is 35.9 Å². The number of carbonyl (C=O) groups is 4. The number of hydrogen-bond donors (Lipinski definition) is 4. The van der Waals surface area contributed by atoms with Gasteiger partial charge in [0.1, 0.15) is 29.4 Å². The number of fused-ring (bicyclic) bond motifs is 2. The highest BCUT2D eigenvalue weighted by atomic mass is 19.1. The molecule has 6 atom stereocenters. The van der Waals surface area contributed by atoms with Crippen LogP contribution in [0.2, 0.25) is 0 Å². The normalized spacial score (nSPS) is 22.9. The maximum absolute atomic E-state index is 16.8. The van der Waals surface area contributed by atoms with E-state index >= 15 is 8.78 Å². The third-order valence-electron chi connectivity index (χ3n) is 17.0. The topological polar surface area (TPSA) is 183 Å². The minimum absolute atomic E-state index is 0.0377. The number of H-pyrrole nitrogens is 2. The Morgan fingerprint density at radius 1 is 0.712 bits per heavy atom. The number of likely N-dealkylation sites (N-methyl/N-ethyl adjacent to an activating group) is 1. The third kappa shape index (κ3) is 9.43. The molecule has 16 nitrogen and oxygen atoms in total. The number of hydrogen-bond acceptors (Lipinski definition) is 9. The number of ether oxygens (including phenoxy) is 1. The van der Waals surface area contributed by atoms with E-state index in [1.165, 1.54) is 52.0 Å². The quantitative estimate of drug-likeness (QED) is 0.0938. The third-order valence-corrected chi connectivity index (χ3v) is 17.0. The van der Waals surface area contributed by atoms with E-state index in [1.54, 1.807) is 9.80 Å². The summed E-state index contributed by atoms with van der Waals surface area (Å²) in [6.45, 7) is 9.73. The summed E-state index contributed by atoms with van der Waals surface area (Å²) in [5, 5.41) is 12.5. The monoisotopic (exact) mass is 1000 g/mol. The maximum Gasteiger partial charge on any atom is 0.407 e. The number of amides is 4. The summed E-state index contributed by atoms with van der Waals surface area (Å²) in [6.07, 6.45) is 9.15. The first-order chi connectivity index (χ1) is 35.0. The highest BCUT2D eigenvalue weighted by Crippen LogP contribution is 2.51. The molecule has 18 heteroatoms. The van der Waals surface area contributed by atoms with Gasteiger partial charge >= 0.3 is 12.2 Å². The molecule has 5 fully saturated rings. The molecule has 0 bridgehead atoms. The van der Waals surface area contributed by atoms with Crippen molar-refractivity contribution in [2.75, 3.05) is 50.1 Å². The second-order valence-electron chi connectivity index (χ2n) is 22.1. The summed E-state index contributed by atoms with van der Waals surface area (Å²) in [5.74, 6) is -0.720. The van der Waals surface area contributed by atoms with Gasteiger partial charge in [-0.05, 0) is 129 Å². The molecule has 4 saturated heterocycles. The molecule has 4 N–H and O–H groups in total. The molecule has 390 valence electrons. The molecule has 0 unspecified atom stereocenters. The van der Waals surface area contributed by atoms with E-state index in [9.17, 15) is 24.3 Å². The van der Waals surface area contributed by atoms with Gasteiger partial charge in [-0.15, -0.1) is 0 Å². The fraction of sp³-hybridized carbons (Fsp3) is 0.564. The van der Waals surface area contributed by atoms with Gasteiger partial charge in [0.05, 0.1) is 53.3 Å². The number of carboxylic acid groups (broad SMARTS) is 1. The van der Waals surface area contributed by atoms with Crippen LogP contribution in [0, 0.1) is 28.9 Å². The standard InChI is InChI=1S/C55H70F2N10O6/c1-31(2)46(62-53(70)73-6)51(68)65-23-9-11-44(65)49-58-38-15-13-33(27-40(38)60-49)42-17-18-43(67(42)35-29-36(56)48(37(57)30-35)64-25-21-55(22-26-64)19-7-8-20-55)34-14-16-39-41(28-34)61-50(59-39)45-12-10-24-66(45)52(69)47(32(3)4)63(5)54(71)72/h13-16,27-32,42-47H,7-12,17-26H2,1-6H3,(H,58,60)(H,59,61)(H,62,70)(H,71,72)/t42-,43-,44+,45+,46+,47+/m1/s1. The molecule has 5 aromatic rings. The highest BCUT2D eigenvalue weighted by Gasteiger charge is 2.43. The average Bonchev–Trinajstić information content (AvgIpc) is 4.24. The molecular weight excluding hydrogens is 935 g/mol. The first-order valence-corrected chi connectivity index (χ1v) is 26.5. The van der Waals surface area contributed by atoms with Gasteiger partial charge in [0.2, 0.25) is 11.8 Å². The number of aromatic amines is 2. The Bertz CT molecular complexity index is 2860. The van der Waals surface area contributed by atoms with Crippen molar-refractivity contribution in [3.05, 3.63) is 82.9 Å². The Balaban J connectivity index is 0.971. The number of carbonyl (C=O) groups excluding carboxylic acids is 3. The predicted molar refractivity (Wildman–Crippen MR) is 274 cm³/mol. The maximum atomic E-state index is 16.8. The van der Waals surface area contributed by atoms with E-state index in [4.69, 9.17) is 14.7 Å². The molecule has 1 spiro atoms. The van der Waals surface area contributed by atoms with Crippen LogP contribution in [0.15, 0.2) is 48.5 Å². The van der Waals surface area contributed by atoms with Crippen LogP contribution in [0.3, 0.4) is 0 Å². The van der Waals surface area contributed by atoms with E-state index in [0.717, 1.165) is 58.3 Å². The van der Waals surface area contributed by atoms with E-state index in [0.29, 0.717) is 80.1 Å². The Labute approximate surface area is 425 Å². The molecular formula is C55H70F2N10O6. The van der Waals surface area contributed by atoms with Crippen molar-refractivity contribution in [2.24, 2.45) is 17.3 Å². The molecule has 1 saturated carbocycles. The van der Waals surface area contributed by atoms with Crippen LogP contribution >= 0.6 is 0 Å². The number of imidazole rings is 2. The molecule has 4 aliphatic heterocycles. The average molecular weight is 1010 g/mol. The number of methoxy groups -OCH3 is 1. The van der Waals surface area contributed by atoms with E-state index in [2.05, 4.69) is 32.3 Å². The first kappa shape index (κ1) is 50.1. The number of alkyl carbamates (subject to hydrolysis) is 1. The van der Waals surface area contributed by atoms with Crippen molar-refractivity contribution in [3.8, 4) is 0 Å². The van der Waals surface area contributed by atoms with Crippen molar-refractivity contribution in [1.29, 1.82) is 0 Å². The van der Waals surface area contributed by atoms with Gasteiger partial charge in [-0.25, -0.2) is 28.3 Å². The lowest BCUT2D eigenvalue weighted by Crippen LogP contribution is -2.51. The number of rotatable bonds is 12. The second-order valence-corrected chi connectivity index (χ2v) is 22.1. The summed E-state index contributed by atoms with van der Waals surface area (Å²) in [5.41, 5.74) is 5.64. The molecule has 3 aromatic carbocycles. The van der Waals surface area contributed by atoms with Gasteiger partial charge in [-0.1, -0.05) is 52.7 Å². The molecule has 1 aliphatic carbocycles. The fourth-order valence-corrected chi connectivity index (χ4v) is 13.2. The molecule has 2 aromatic heterocycles. The zero-order chi connectivity index (χ0) is 51.5. The number of benzene rings is 3. The Kier molecular flexibility index (Phi) is 13.8. The van der Waals surface area contributed by atoms with Crippen molar-refractivity contribution < 1.29 is 37.8 Å². The van der Waals surface area contributed by atoms with Gasteiger partial charge in [-0.2, -0.15) is 0 Å². The highest BCUT2D eigenvalue weighted by molar-refractivity contribution is 5.87. The summed E-state index contributed by atoms with van der Waals surface area (Å²) in [4.78, 5) is 77.9. The smallest absolute Gasteiger partial charge is 0.407 e. The van der Waals surface area contributed by atoms with Crippen LogP contribution < -0.4 is 15.1 Å². The van der Waals surface area contributed by atoms with Gasteiger partial charge in [-0.3, -0.25) is 14.5 Å². The van der Waals surface area contributed by atoms with Crippen LogP contribution in [-0.2, 0) is 14.3 Å². The molecule has 0 radical (unpaired) electrons. The van der Waals surface area contributed by atoms with Crippen LogP contribution in [0.4, 0.5) is 29.7 Å². The number of aromatic nitrogens is 4. The first-order valence-electron chi connectivity index (χ1n) is 26.5. The predicted octanol–water partition coefficient (Wildman–Crippen LogP) is 10.3. The number of nitrogens with zero attached hydrogens (tertiary/aromatic N) is 7. The van der Waals surface area contributed by atoms with Crippen molar-refractivity contribution in [1.82, 2.24) is 40.0 Å². The SMILES string of the molecule is COC(=O)N[C@H](C(=O)N1CCC[C@H]1c1nc2ccc([C@H]3CC[C@H](c4ccc5nc([C@@H]6CCCN6C(=O)[C@H](C(C)C)N(C)C(=O)O)[nH]c5c4)N3c3cc(F)c(N4CCC5(CCCC5)CC4)c(F)c3)cc2[nH]1)C(C)C. The zero-order valence-corrected chi connectivity index (χ0v) is 42.9. The lowest BCUT2D eigenvalue weighted by atomic mass is 9.77.